The summed E-state index contributed by atoms with van der Waals surface area (Å²) in [7, 11) is 1.99. The van der Waals surface area contributed by atoms with Crippen LogP contribution in [0.1, 0.15) is 21.6 Å². The minimum absolute atomic E-state index is 0.228. The Morgan fingerprint density at radius 3 is 2.68 bits per heavy atom. The molecule has 1 aliphatic rings. The van der Waals surface area contributed by atoms with Crippen LogP contribution in [0.3, 0.4) is 0 Å². The Bertz CT molecular complexity index is 1200. The largest absolute Gasteiger partial charge is 0.452 e. The third-order valence-electron chi connectivity index (χ3n) is 5.06. The lowest BCUT2D eigenvalue weighted by atomic mass is 9.96. The van der Waals surface area contributed by atoms with Crippen LogP contribution < -0.4 is 5.32 Å². The van der Waals surface area contributed by atoms with Crippen molar-refractivity contribution >= 4 is 63.3 Å². The zero-order valence-electron chi connectivity index (χ0n) is 16.5. The molecule has 0 radical (unpaired) electrons. The number of fused-ring (bicyclic) bond motifs is 2. The van der Waals surface area contributed by atoms with E-state index in [0.717, 1.165) is 29.7 Å². The van der Waals surface area contributed by atoms with Gasteiger partial charge in [-0.3, -0.25) is 9.78 Å². The number of carbonyl (C=O) groups excluding carboxylic acids is 2. The van der Waals surface area contributed by atoms with Crippen LogP contribution in [0.2, 0.25) is 15.1 Å². The molecule has 0 aliphatic carbocycles. The van der Waals surface area contributed by atoms with Gasteiger partial charge in [-0.2, -0.15) is 0 Å². The van der Waals surface area contributed by atoms with Crippen LogP contribution >= 0.6 is 34.8 Å². The highest BCUT2D eigenvalue weighted by atomic mass is 35.5. The van der Waals surface area contributed by atoms with E-state index in [2.05, 4.69) is 10.2 Å². The SMILES string of the molecule is CN1CCc2nc3ccccc3c(C(=O)OCC(=O)Nc3cc(Cl)c(Cl)cc3Cl)c2C1. The van der Waals surface area contributed by atoms with E-state index in [1.165, 1.54) is 12.1 Å². The Morgan fingerprint density at radius 1 is 1.13 bits per heavy atom. The average Bonchev–Trinajstić information content (AvgIpc) is 2.74. The minimum atomic E-state index is -0.569. The summed E-state index contributed by atoms with van der Waals surface area (Å²) in [6.45, 7) is 0.971. The second kappa shape index (κ2) is 9.01. The number of aromatic nitrogens is 1. The molecule has 1 aromatic heterocycles. The summed E-state index contributed by atoms with van der Waals surface area (Å²) in [6, 6.07) is 10.3. The quantitative estimate of drug-likeness (QED) is 0.423. The van der Waals surface area contributed by atoms with E-state index in [1.807, 2.05) is 31.3 Å². The number of benzene rings is 2. The highest BCUT2D eigenvalue weighted by Gasteiger charge is 2.26. The summed E-state index contributed by atoms with van der Waals surface area (Å²) in [5, 5.41) is 4.03. The molecule has 4 rings (SSSR count). The number of ether oxygens (including phenoxy) is 1. The lowest BCUT2D eigenvalue weighted by Gasteiger charge is -2.26. The summed E-state index contributed by atoms with van der Waals surface area (Å²) in [5.41, 5.74) is 3.18. The Kier molecular flexibility index (Phi) is 6.34. The average molecular weight is 479 g/mol. The number of carbonyl (C=O) groups is 2. The van der Waals surface area contributed by atoms with E-state index in [0.29, 0.717) is 17.5 Å². The molecule has 1 aliphatic heterocycles. The summed E-state index contributed by atoms with van der Waals surface area (Å²) in [5.74, 6) is -1.11. The summed E-state index contributed by atoms with van der Waals surface area (Å²) >= 11 is 18.0. The molecule has 2 heterocycles. The zero-order chi connectivity index (χ0) is 22.1. The van der Waals surface area contributed by atoms with Gasteiger partial charge in [-0.1, -0.05) is 53.0 Å². The topological polar surface area (TPSA) is 71.5 Å². The second-order valence-electron chi connectivity index (χ2n) is 7.29. The van der Waals surface area contributed by atoms with Crippen LogP contribution in [0, 0.1) is 0 Å². The van der Waals surface area contributed by atoms with Crippen LogP contribution in [-0.2, 0) is 22.5 Å². The molecule has 0 fully saturated rings. The van der Waals surface area contributed by atoms with Crippen molar-refractivity contribution in [2.45, 2.75) is 13.0 Å². The molecule has 9 heteroatoms. The van der Waals surface area contributed by atoms with Crippen molar-refractivity contribution in [2.75, 3.05) is 25.5 Å². The van der Waals surface area contributed by atoms with Crippen LogP contribution in [0.15, 0.2) is 36.4 Å². The summed E-state index contributed by atoms with van der Waals surface area (Å²) in [6.07, 6.45) is 0.743. The maximum atomic E-state index is 13.0. The number of halogens is 3. The van der Waals surface area contributed by atoms with Crippen molar-refractivity contribution < 1.29 is 14.3 Å². The van der Waals surface area contributed by atoms with Gasteiger partial charge in [0.15, 0.2) is 6.61 Å². The first kappa shape index (κ1) is 21.8. The predicted octanol–water partition coefficient (Wildman–Crippen LogP) is 4.98. The number of anilines is 1. The molecule has 0 bridgehead atoms. The maximum absolute atomic E-state index is 13.0. The Balaban J connectivity index is 1.56. The first-order chi connectivity index (χ1) is 14.8. The fourth-order valence-corrected chi connectivity index (χ4v) is 4.16. The van der Waals surface area contributed by atoms with Crippen LogP contribution in [0.4, 0.5) is 5.69 Å². The van der Waals surface area contributed by atoms with Gasteiger partial charge < -0.3 is 15.0 Å². The van der Waals surface area contributed by atoms with Crippen molar-refractivity contribution in [1.82, 2.24) is 9.88 Å². The number of esters is 1. The van der Waals surface area contributed by atoms with Crippen molar-refractivity contribution in [3.63, 3.8) is 0 Å². The fraction of sp³-hybridized carbons (Fsp3) is 0.227. The number of hydrogen-bond donors (Lipinski definition) is 1. The molecule has 0 spiro atoms. The number of para-hydroxylation sites is 1. The number of amides is 1. The highest BCUT2D eigenvalue weighted by molar-refractivity contribution is 6.44. The standard InChI is InChI=1S/C22H18Cl3N3O3/c1-28-7-6-18-13(10-28)21(12-4-2-3-5-17(12)26-18)22(30)31-11-20(29)27-19-9-15(24)14(23)8-16(19)25/h2-5,8-9H,6-7,10-11H2,1H3,(H,27,29). The van der Waals surface area contributed by atoms with Crippen molar-refractivity contribution in [1.29, 1.82) is 0 Å². The zero-order valence-corrected chi connectivity index (χ0v) is 18.8. The molecule has 0 atom stereocenters. The first-order valence-corrected chi connectivity index (χ1v) is 10.7. The number of nitrogens with zero attached hydrogens (tertiary/aromatic N) is 2. The molecule has 31 heavy (non-hydrogen) atoms. The van der Waals surface area contributed by atoms with Gasteiger partial charge in [0, 0.05) is 36.2 Å². The molecular formula is C22H18Cl3N3O3. The van der Waals surface area contributed by atoms with Crippen LogP contribution in [0.25, 0.3) is 10.9 Å². The predicted molar refractivity (Wildman–Crippen MR) is 122 cm³/mol. The molecule has 0 saturated heterocycles. The van der Waals surface area contributed by atoms with Gasteiger partial charge in [-0.15, -0.1) is 0 Å². The van der Waals surface area contributed by atoms with Gasteiger partial charge in [0.1, 0.15) is 0 Å². The molecular weight excluding hydrogens is 461 g/mol. The molecule has 1 amide bonds. The van der Waals surface area contributed by atoms with E-state index < -0.39 is 18.5 Å². The smallest absolute Gasteiger partial charge is 0.339 e. The Labute approximate surface area is 194 Å². The fourth-order valence-electron chi connectivity index (χ4n) is 3.57. The normalized spacial score (nSPS) is 13.7. The van der Waals surface area contributed by atoms with E-state index >= 15 is 0 Å². The Hall–Kier alpha value is -2.38. The van der Waals surface area contributed by atoms with E-state index in [1.54, 1.807) is 0 Å². The van der Waals surface area contributed by atoms with Gasteiger partial charge in [-0.25, -0.2) is 4.79 Å². The second-order valence-corrected chi connectivity index (χ2v) is 8.51. The molecule has 160 valence electrons. The molecule has 0 unspecified atom stereocenters. The van der Waals surface area contributed by atoms with E-state index in [-0.39, 0.29) is 20.8 Å². The molecule has 0 saturated carbocycles. The van der Waals surface area contributed by atoms with Gasteiger partial charge in [0.25, 0.3) is 5.91 Å². The van der Waals surface area contributed by atoms with Gasteiger partial charge >= 0.3 is 5.97 Å². The number of pyridine rings is 1. The van der Waals surface area contributed by atoms with Gasteiger partial charge in [0.2, 0.25) is 0 Å². The van der Waals surface area contributed by atoms with Crippen molar-refractivity contribution in [3.8, 4) is 0 Å². The Morgan fingerprint density at radius 2 is 1.87 bits per heavy atom. The molecule has 1 N–H and O–H groups in total. The van der Waals surface area contributed by atoms with Crippen LogP contribution in [0.5, 0.6) is 0 Å². The van der Waals surface area contributed by atoms with Crippen molar-refractivity contribution in [2.24, 2.45) is 0 Å². The third-order valence-corrected chi connectivity index (χ3v) is 6.09. The summed E-state index contributed by atoms with van der Waals surface area (Å²) < 4.78 is 5.37. The maximum Gasteiger partial charge on any atom is 0.339 e. The van der Waals surface area contributed by atoms with Crippen LogP contribution in [-0.4, -0.2) is 42.0 Å². The highest BCUT2D eigenvalue weighted by Crippen LogP contribution is 2.32. The lowest BCUT2D eigenvalue weighted by Crippen LogP contribution is -2.30. The lowest BCUT2D eigenvalue weighted by molar-refractivity contribution is -0.119. The monoisotopic (exact) mass is 477 g/mol. The molecule has 3 aromatic rings. The minimum Gasteiger partial charge on any atom is -0.452 e. The number of likely N-dealkylation sites (N-methyl/N-ethyl adjacent to an activating group) is 1. The number of nitrogens with one attached hydrogen (secondary N) is 1. The van der Waals surface area contributed by atoms with E-state index in [4.69, 9.17) is 44.5 Å². The van der Waals surface area contributed by atoms with E-state index in [9.17, 15) is 9.59 Å². The number of hydrogen-bond acceptors (Lipinski definition) is 5. The third kappa shape index (κ3) is 4.62. The van der Waals surface area contributed by atoms with Gasteiger partial charge in [-0.05, 0) is 25.2 Å². The molecule has 2 aromatic carbocycles. The van der Waals surface area contributed by atoms with Gasteiger partial charge in [0.05, 0.1) is 31.8 Å². The summed E-state index contributed by atoms with van der Waals surface area (Å²) in [4.78, 5) is 32.2. The van der Waals surface area contributed by atoms with Crippen molar-refractivity contribution in [3.05, 3.63) is 68.3 Å². The molecule has 6 nitrogen and oxygen atoms in total. The first-order valence-electron chi connectivity index (χ1n) is 9.54. The number of rotatable bonds is 4.